The maximum absolute atomic E-state index is 5.78. The van der Waals surface area contributed by atoms with Crippen LogP contribution in [0, 0.1) is 5.92 Å². The summed E-state index contributed by atoms with van der Waals surface area (Å²) in [5.74, 6) is 1.29. The number of aromatic nitrogens is 2. The van der Waals surface area contributed by atoms with Crippen molar-refractivity contribution in [2.75, 3.05) is 6.54 Å². The molecule has 5 heteroatoms. The second-order valence-electron chi connectivity index (χ2n) is 5.39. The Morgan fingerprint density at radius 2 is 2.15 bits per heavy atom. The first-order valence-electron chi connectivity index (χ1n) is 7.04. The summed E-state index contributed by atoms with van der Waals surface area (Å²) < 4.78 is 1.87. The van der Waals surface area contributed by atoms with E-state index in [1.807, 2.05) is 31.6 Å². The number of aliphatic imine (C=N–C) groups is 1. The van der Waals surface area contributed by atoms with Crippen molar-refractivity contribution in [2.45, 2.75) is 45.9 Å². The predicted octanol–water partition coefficient (Wildman–Crippen LogP) is 3.83. The number of nitrogens with two attached hydrogens (primary N) is 1. The SMILES string of the molecule is C=C(C)c1cnn(C(S)CC(CC)CN)c1N=C(C)C. The molecule has 0 amide bonds. The molecular weight excluding hydrogens is 268 g/mol. The van der Waals surface area contributed by atoms with E-state index in [9.17, 15) is 0 Å². The predicted molar refractivity (Wildman–Crippen MR) is 90.9 cm³/mol. The highest BCUT2D eigenvalue weighted by molar-refractivity contribution is 7.80. The van der Waals surface area contributed by atoms with Gasteiger partial charge < -0.3 is 5.73 Å². The van der Waals surface area contributed by atoms with Crippen molar-refractivity contribution in [3.8, 4) is 0 Å². The average molecular weight is 294 g/mol. The van der Waals surface area contributed by atoms with Crippen LogP contribution in [0.15, 0.2) is 17.8 Å². The summed E-state index contributed by atoms with van der Waals surface area (Å²) >= 11 is 4.69. The lowest BCUT2D eigenvalue weighted by atomic mass is 10.0. The van der Waals surface area contributed by atoms with Gasteiger partial charge in [0.05, 0.1) is 11.6 Å². The molecular formula is C15H26N4S. The average Bonchev–Trinajstić information content (AvgIpc) is 2.78. The fourth-order valence-electron chi connectivity index (χ4n) is 2.03. The molecule has 0 radical (unpaired) electrons. The summed E-state index contributed by atoms with van der Waals surface area (Å²) in [5.41, 5.74) is 8.70. The van der Waals surface area contributed by atoms with Crippen LogP contribution < -0.4 is 5.73 Å². The van der Waals surface area contributed by atoms with Gasteiger partial charge in [0.15, 0.2) is 5.82 Å². The third-order valence-corrected chi connectivity index (χ3v) is 3.73. The lowest BCUT2D eigenvalue weighted by molar-refractivity contribution is 0.422. The molecule has 20 heavy (non-hydrogen) atoms. The van der Waals surface area contributed by atoms with Crippen molar-refractivity contribution in [3.63, 3.8) is 0 Å². The van der Waals surface area contributed by atoms with Gasteiger partial charge in [-0.15, -0.1) is 0 Å². The fourth-order valence-corrected chi connectivity index (χ4v) is 2.49. The van der Waals surface area contributed by atoms with Crippen LogP contribution in [0.3, 0.4) is 0 Å². The molecule has 0 aliphatic heterocycles. The zero-order valence-corrected chi connectivity index (χ0v) is 13.8. The highest BCUT2D eigenvalue weighted by atomic mass is 32.1. The van der Waals surface area contributed by atoms with Crippen molar-refractivity contribution in [3.05, 3.63) is 18.3 Å². The second-order valence-corrected chi connectivity index (χ2v) is 5.99. The molecule has 0 saturated carbocycles. The molecule has 1 aromatic rings. The molecule has 0 aromatic carbocycles. The lowest BCUT2D eigenvalue weighted by Crippen LogP contribution is -2.18. The first kappa shape index (κ1) is 17.0. The van der Waals surface area contributed by atoms with Crippen molar-refractivity contribution in [1.82, 2.24) is 9.78 Å². The first-order valence-corrected chi connectivity index (χ1v) is 7.55. The zero-order valence-electron chi connectivity index (χ0n) is 12.9. The van der Waals surface area contributed by atoms with Gasteiger partial charge in [-0.3, -0.25) is 0 Å². The molecule has 4 nitrogen and oxygen atoms in total. The summed E-state index contributed by atoms with van der Waals surface area (Å²) in [6.07, 6.45) is 3.75. The van der Waals surface area contributed by atoms with Gasteiger partial charge in [-0.1, -0.05) is 19.9 Å². The molecule has 0 aliphatic carbocycles. The minimum absolute atomic E-state index is 0.0188. The van der Waals surface area contributed by atoms with Gasteiger partial charge in [0.25, 0.3) is 0 Å². The van der Waals surface area contributed by atoms with Gasteiger partial charge in [-0.05, 0) is 45.2 Å². The van der Waals surface area contributed by atoms with Crippen LogP contribution in [0.25, 0.3) is 5.57 Å². The molecule has 1 heterocycles. The number of nitrogens with zero attached hydrogens (tertiary/aromatic N) is 3. The fraction of sp³-hybridized carbons (Fsp3) is 0.600. The Labute approximate surface area is 127 Å². The van der Waals surface area contributed by atoms with E-state index in [0.717, 1.165) is 35.5 Å². The maximum atomic E-state index is 5.78. The van der Waals surface area contributed by atoms with Crippen LogP contribution in [0.2, 0.25) is 0 Å². The van der Waals surface area contributed by atoms with Gasteiger partial charge >= 0.3 is 0 Å². The van der Waals surface area contributed by atoms with E-state index in [2.05, 4.69) is 36.2 Å². The first-order chi connectivity index (χ1) is 9.40. The summed E-state index contributed by atoms with van der Waals surface area (Å²) in [4.78, 5) is 4.60. The summed E-state index contributed by atoms with van der Waals surface area (Å²) in [6, 6.07) is 0. The number of rotatable bonds is 7. The standard InChI is InChI=1S/C15H26N4S/c1-6-12(8-16)7-14(20)19-15(18-11(4)5)13(9-17-19)10(2)3/h9,12,14,20H,2,6-8,16H2,1,3-5H3. The zero-order chi connectivity index (χ0) is 15.3. The highest BCUT2D eigenvalue weighted by Gasteiger charge is 2.18. The summed E-state index contributed by atoms with van der Waals surface area (Å²) in [5, 5.41) is 4.42. The molecule has 0 aliphatic rings. The molecule has 112 valence electrons. The number of thiol groups is 1. The van der Waals surface area contributed by atoms with Crippen molar-refractivity contribution < 1.29 is 0 Å². The van der Waals surface area contributed by atoms with E-state index in [1.54, 1.807) is 0 Å². The van der Waals surface area contributed by atoms with Crippen LogP contribution in [0.4, 0.5) is 5.82 Å². The number of hydrogen-bond acceptors (Lipinski definition) is 4. The Morgan fingerprint density at radius 1 is 1.50 bits per heavy atom. The van der Waals surface area contributed by atoms with Crippen molar-refractivity contribution >= 4 is 29.7 Å². The minimum atomic E-state index is -0.0188. The van der Waals surface area contributed by atoms with E-state index < -0.39 is 0 Å². The van der Waals surface area contributed by atoms with E-state index in [-0.39, 0.29) is 5.37 Å². The Kier molecular flexibility index (Phi) is 6.49. The molecule has 1 aromatic heterocycles. The normalized spacial score (nSPS) is 13.9. The van der Waals surface area contributed by atoms with E-state index >= 15 is 0 Å². The lowest BCUT2D eigenvalue weighted by Gasteiger charge is -2.19. The molecule has 2 atom stereocenters. The van der Waals surface area contributed by atoms with Crippen LogP contribution in [0.1, 0.15) is 51.5 Å². The molecule has 0 fully saturated rings. The smallest absolute Gasteiger partial charge is 0.158 e. The molecule has 0 spiro atoms. The minimum Gasteiger partial charge on any atom is -0.330 e. The van der Waals surface area contributed by atoms with Crippen molar-refractivity contribution in [1.29, 1.82) is 0 Å². The summed E-state index contributed by atoms with van der Waals surface area (Å²) in [6.45, 7) is 12.7. The number of hydrogen-bond donors (Lipinski definition) is 2. The van der Waals surface area contributed by atoms with E-state index in [4.69, 9.17) is 5.73 Å². The van der Waals surface area contributed by atoms with Crippen LogP contribution in [-0.4, -0.2) is 22.0 Å². The topological polar surface area (TPSA) is 56.2 Å². The van der Waals surface area contributed by atoms with Crippen LogP contribution in [0.5, 0.6) is 0 Å². The van der Waals surface area contributed by atoms with Crippen LogP contribution in [-0.2, 0) is 0 Å². The van der Waals surface area contributed by atoms with Gasteiger partial charge in [-0.2, -0.15) is 17.7 Å². The maximum Gasteiger partial charge on any atom is 0.158 e. The Morgan fingerprint density at radius 3 is 2.60 bits per heavy atom. The highest BCUT2D eigenvalue weighted by Crippen LogP contribution is 2.32. The monoisotopic (exact) mass is 294 g/mol. The third-order valence-electron chi connectivity index (χ3n) is 3.30. The largest absolute Gasteiger partial charge is 0.330 e. The van der Waals surface area contributed by atoms with Gasteiger partial charge in [0.1, 0.15) is 0 Å². The summed E-state index contributed by atoms with van der Waals surface area (Å²) in [7, 11) is 0. The Balaban J connectivity index is 3.11. The number of allylic oxidation sites excluding steroid dienone is 1. The second kappa shape index (κ2) is 7.64. The van der Waals surface area contributed by atoms with Gasteiger partial charge in [-0.25, -0.2) is 9.67 Å². The molecule has 1 rings (SSSR count). The van der Waals surface area contributed by atoms with Crippen molar-refractivity contribution in [2.24, 2.45) is 16.6 Å². The van der Waals surface area contributed by atoms with Crippen LogP contribution >= 0.6 is 12.6 Å². The van der Waals surface area contributed by atoms with E-state index in [1.165, 1.54) is 0 Å². The Hall–Kier alpha value is -1.07. The molecule has 0 saturated heterocycles. The molecule has 0 bridgehead atoms. The Bertz CT molecular complexity index is 482. The van der Waals surface area contributed by atoms with E-state index in [0.29, 0.717) is 12.5 Å². The molecule has 2 unspecified atom stereocenters. The van der Waals surface area contributed by atoms with Gasteiger partial charge in [0.2, 0.25) is 0 Å². The quantitative estimate of drug-likeness (QED) is 0.593. The van der Waals surface area contributed by atoms with Gasteiger partial charge in [0, 0.05) is 11.3 Å². The third kappa shape index (κ3) is 4.21. The molecule has 2 N–H and O–H groups in total.